The molecule has 0 bridgehead atoms. The number of aryl methyl sites for hydroxylation is 1. The maximum absolute atomic E-state index is 3.47. The van der Waals surface area contributed by atoms with Gasteiger partial charge in [-0.25, -0.2) is 0 Å². The lowest BCUT2D eigenvalue weighted by Crippen LogP contribution is -2.18. The molecule has 16 heavy (non-hydrogen) atoms. The molecule has 0 radical (unpaired) electrons. The van der Waals surface area contributed by atoms with Gasteiger partial charge in [0.2, 0.25) is 0 Å². The molecule has 0 aromatic carbocycles. The minimum Gasteiger partial charge on any atom is -0.354 e. The number of nitrogens with zero attached hydrogens (tertiary/aromatic N) is 1. The van der Waals surface area contributed by atoms with Crippen molar-refractivity contribution >= 4 is 0 Å². The van der Waals surface area contributed by atoms with Crippen LogP contribution in [0.25, 0.3) is 0 Å². The van der Waals surface area contributed by atoms with Crippen LogP contribution in [0.5, 0.6) is 0 Å². The summed E-state index contributed by atoms with van der Waals surface area (Å²) in [4.78, 5) is 0. The van der Waals surface area contributed by atoms with Crippen molar-refractivity contribution in [2.24, 2.45) is 11.8 Å². The summed E-state index contributed by atoms with van der Waals surface area (Å²) in [5.41, 5.74) is 1.39. The van der Waals surface area contributed by atoms with E-state index >= 15 is 0 Å². The zero-order valence-corrected chi connectivity index (χ0v) is 11.2. The Labute approximate surface area is 100 Å². The van der Waals surface area contributed by atoms with E-state index in [1.165, 1.54) is 12.0 Å². The smallest absolute Gasteiger partial charge is 0.0222 e. The van der Waals surface area contributed by atoms with Crippen LogP contribution in [0.2, 0.25) is 0 Å². The molecule has 1 aromatic heterocycles. The van der Waals surface area contributed by atoms with Gasteiger partial charge in [-0.15, -0.1) is 0 Å². The van der Waals surface area contributed by atoms with Crippen LogP contribution in [0, 0.1) is 11.8 Å². The average molecular weight is 222 g/mol. The standard InChI is InChI=1S/C14H26N2/c1-12(2)5-7-16-8-6-14(11-16)10-15-9-13(3)4/h6,8,11-13,15H,5,7,9-10H2,1-4H3. The van der Waals surface area contributed by atoms with E-state index in [-0.39, 0.29) is 0 Å². The quantitative estimate of drug-likeness (QED) is 0.749. The lowest BCUT2D eigenvalue weighted by Gasteiger charge is -2.06. The summed E-state index contributed by atoms with van der Waals surface area (Å²) in [7, 11) is 0. The molecule has 1 aromatic rings. The molecule has 0 aliphatic rings. The highest BCUT2D eigenvalue weighted by molar-refractivity contribution is 5.09. The normalized spacial score (nSPS) is 11.6. The molecule has 1 rings (SSSR count). The first kappa shape index (κ1) is 13.3. The molecule has 0 aliphatic heterocycles. The van der Waals surface area contributed by atoms with E-state index in [4.69, 9.17) is 0 Å². The summed E-state index contributed by atoms with van der Waals surface area (Å²) in [6, 6.07) is 2.22. The molecule has 0 aliphatic carbocycles. The number of nitrogens with one attached hydrogen (secondary N) is 1. The maximum Gasteiger partial charge on any atom is 0.0222 e. The van der Waals surface area contributed by atoms with Gasteiger partial charge >= 0.3 is 0 Å². The van der Waals surface area contributed by atoms with Crippen molar-refractivity contribution in [3.63, 3.8) is 0 Å². The van der Waals surface area contributed by atoms with Gasteiger partial charge in [0, 0.05) is 25.5 Å². The second-order valence-electron chi connectivity index (χ2n) is 5.46. The van der Waals surface area contributed by atoms with Gasteiger partial charge in [0.25, 0.3) is 0 Å². The highest BCUT2D eigenvalue weighted by atomic mass is 14.9. The molecule has 0 fully saturated rings. The van der Waals surface area contributed by atoms with E-state index in [0.717, 1.165) is 31.5 Å². The number of hydrogen-bond donors (Lipinski definition) is 1. The molecule has 1 heterocycles. The van der Waals surface area contributed by atoms with Crippen molar-refractivity contribution in [2.45, 2.75) is 47.2 Å². The highest BCUT2D eigenvalue weighted by Crippen LogP contribution is 2.06. The van der Waals surface area contributed by atoms with Crippen molar-refractivity contribution < 1.29 is 0 Å². The molecule has 0 atom stereocenters. The van der Waals surface area contributed by atoms with Crippen LogP contribution in [0.15, 0.2) is 18.5 Å². The lowest BCUT2D eigenvalue weighted by atomic mass is 10.1. The Morgan fingerprint density at radius 1 is 1.19 bits per heavy atom. The third-order valence-corrected chi connectivity index (χ3v) is 2.66. The van der Waals surface area contributed by atoms with Crippen LogP contribution in [0.1, 0.15) is 39.7 Å². The third kappa shape index (κ3) is 5.36. The highest BCUT2D eigenvalue weighted by Gasteiger charge is 1.99. The number of rotatable bonds is 7. The van der Waals surface area contributed by atoms with Crippen molar-refractivity contribution in [1.82, 2.24) is 9.88 Å². The van der Waals surface area contributed by atoms with Gasteiger partial charge in [0.05, 0.1) is 0 Å². The van der Waals surface area contributed by atoms with E-state index in [0.29, 0.717) is 0 Å². The topological polar surface area (TPSA) is 17.0 Å². The molecular weight excluding hydrogens is 196 g/mol. The van der Waals surface area contributed by atoms with Crippen LogP contribution < -0.4 is 5.32 Å². The van der Waals surface area contributed by atoms with Crippen LogP contribution in [0.3, 0.4) is 0 Å². The molecule has 2 heteroatoms. The summed E-state index contributed by atoms with van der Waals surface area (Å²) in [6.07, 6.45) is 5.71. The van der Waals surface area contributed by atoms with E-state index in [1.54, 1.807) is 0 Å². The summed E-state index contributed by atoms with van der Waals surface area (Å²) < 4.78 is 2.30. The van der Waals surface area contributed by atoms with Crippen molar-refractivity contribution in [2.75, 3.05) is 6.54 Å². The van der Waals surface area contributed by atoms with Gasteiger partial charge < -0.3 is 9.88 Å². The fraction of sp³-hybridized carbons (Fsp3) is 0.714. The fourth-order valence-corrected chi connectivity index (χ4v) is 1.65. The molecule has 92 valence electrons. The zero-order chi connectivity index (χ0) is 12.0. The average Bonchev–Trinajstić information content (AvgIpc) is 2.62. The van der Waals surface area contributed by atoms with E-state index in [9.17, 15) is 0 Å². The minimum atomic E-state index is 0.725. The summed E-state index contributed by atoms with van der Waals surface area (Å²) in [6.45, 7) is 12.2. The van der Waals surface area contributed by atoms with Crippen LogP contribution >= 0.6 is 0 Å². The SMILES string of the molecule is CC(C)CCn1ccc(CNCC(C)C)c1. The second-order valence-corrected chi connectivity index (χ2v) is 5.46. The molecule has 1 N–H and O–H groups in total. The summed E-state index contributed by atoms with van der Waals surface area (Å²) in [5.74, 6) is 1.51. The molecule has 0 saturated carbocycles. The Kier molecular flexibility index (Phi) is 5.61. The van der Waals surface area contributed by atoms with E-state index in [2.05, 4.69) is 56.0 Å². The zero-order valence-electron chi connectivity index (χ0n) is 11.2. The van der Waals surface area contributed by atoms with Crippen LogP contribution in [0.4, 0.5) is 0 Å². The second kappa shape index (κ2) is 6.74. The van der Waals surface area contributed by atoms with E-state index in [1.807, 2.05) is 0 Å². The monoisotopic (exact) mass is 222 g/mol. The predicted molar refractivity (Wildman–Crippen MR) is 70.4 cm³/mol. The van der Waals surface area contributed by atoms with Gasteiger partial charge in [-0.2, -0.15) is 0 Å². The Balaban J connectivity index is 2.28. The lowest BCUT2D eigenvalue weighted by molar-refractivity contribution is 0.516. The van der Waals surface area contributed by atoms with Gasteiger partial charge in [0.15, 0.2) is 0 Å². The molecule has 2 nitrogen and oxygen atoms in total. The van der Waals surface area contributed by atoms with Crippen molar-refractivity contribution in [3.8, 4) is 0 Å². The molecular formula is C14H26N2. The predicted octanol–water partition coefficient (Wildman–Crippen LogP) is 3.28. The Hall–Kier alpha value is -0.760. The number of aromatic nitrogens is 1. The Bertz CT molecular complexity index is 287. The van der Waals surface area contributed by atoms with Crippen molar-refractivity contribution in [3.05, 3.63) is 24.0 Å². The first-order valence-corrected chi connectivity index (χ1v) is 6.43. The van der Waals surface area contributed by atoms with Gasteiger partial charge in [-0.3, -0.25) is 0 Å². The fourth-order valence-electron chi connectivity index (χ4n) is 1.65. The first-order valence-electron chi connectivity index (χ1n) is 6.43. The van der Waals surface area contributed by atoms with Crippen LogP contribution in [-0.2, 0) is 13.1 Å². The first-order chi connectivity index (χ1) is 7.58. The van der Waals surface area contributed by atoms with Gasteiger partial charge in [0.1, 0.15) is 0 Å². The molecule has 0 spiro atoms. The van der Waals surface area contributed by atoms with Gasteiger partial charge in [-0.1, -0.05) is 27.7 Å². The number of hydrogen-bond acceptors (Lipinski definition) is 1. The third-order valence-electron chi connectivity index (χ3n) is 2.66. The van der Waals surface area contributed by atoms with Crippen molar-refractivity contribution in [1.29, 1.82) is 0 Å². The van der Waals surface area contributed by atoms with Gasteiger partial charge in [-0.05, 0) is 36.4 Å². The summed E-state index contributed by atoms with van der Waals surface area (Å²) in [5, 5.41) is 3.47. The molecule has 0 unspecified atom stereocenters. The molecule has 0 saturated heterocycles. The molecule has 0 amide bonds. The Morgan fingerprint density at radius 3 is 2.56 bits per heavy atom. The Morgan fingerprint density at radius 2 is 1.94 bits per heavy atom. The van der Waals surface area contributed by atoms with E-state index < -0.39 is 0 Å². The maximum atomic E-state index is 3.47. The summed E-state index contributed by atoms with van der Waals surface area (Å²) >= 11 is 0. The largest absolute Gasteiger partial charge is 0.354 e. The van der Waals surface area contributed by atoms with Crippen LogP contribution in [-0.4, -0.2) is 11.1 Å². The minimum absolute atomic E-state index is 0.725.